The zero-order chi connectivity index (χ0) is 45.3. The van der Waals surface area contributed by atoms with Crippen LogP contribution in [0.5, 0.6) is 11.5 Å². The zero-order valence-corrected chi connectivity index (χ0v) is 38.6. The number of fused-ring (bicyclic) bond motifs is 2. The summed E-state index contributed by atoms with van der Waals surface area (Å²) < 4.78 is 31.9. The maximum Gasteiger partial charge on any atom is 0.412 e. The lowest BCUT2D eigenvalue weighted by Gasteiger charge is -2.59. The Morgan fingerprint density at radius 3 is 2.29 bits per heavy atom. The predicted octanol–water partition coefficient (Wildman–Crippen LogP) is 8.82. The van der Waals surface area contributed by atoms with Crippen LogP contribution in [0, 0.1) is 17.8 Å². The van der Waals surface area contributed by atoms with Crippen molar-refractivity contribution in [2.24, 2.45) is 22.9 Å². The van der Waals surface area contributed by atoms with Crippen LogP contribution in [0.1, 0.15) is 141 Å². The van der Waals surface area contributed by atoms with Crippen molar-refractivity contribution in [3.8, 4) is 11.5 Å². The van der Waals surface area contributed by atoms with Gasteiger partial charge in [0, 0.05) is 44.2 Å². The first-order valence-electron chi connectivity index (χ1n) is 24.1. The average molecular weight is 886 g/mol. The van der Waals surface area contributed by atoms with Crippen LogP contribution >= 0.6 is 0 Å². The molecular formula is C49H79N3O11. The maximum atomic E-state index is 14.6. The van der Waals surface area contributed by atoms with Crippen LogP contribution in [0.3, 0.4) is 0 Å². The molecule has 0 aromatic heterocycles. The molecule has 4 rings (SSSR count). The van der Waals surface area contributed by atoms with E-state index < -0.39 is 29.9 Å². The molecule has 0 bridgehead atoms. The highest BCUT2D eigenvalue weighted by atomic mass is 16.7. The molecule has 1 aromatic rings. The van der Waals surface area contributed by atoms with Gasteiger partial charge in [-0.1, -0.05) is 94.9 Å². The fourth-order valence-electron chi connectivity index (χ4n) is 9.68. The van der Waals surface area contributed by atoms with Gasteiger partial charge in [-0.25, -0.2) is 9.59 Å². The lowest BCUT2D eigenvalue weighted by atomic mass is 9.55. The fraction of sp³-hybridized carbons (Fsp3) is 0.735. The van der Waals surface area contributed by atoms with E-state index in [9.17, 15) is 24.9 Å². The number of ether oxygens (including phenoxy) is 5. The average Bonchev–Trinajstić information content (AvgIpc) is 3.28. The highest BCUT2D eigenvalue weighted by Crippen LogP contribution is 2.62. The van der Waals surface area contributed by atoms with Gasteiger partial charge in [-0.2, -0.15) is 0 Å². The van der Waals surface area contributed by atoms with E-state index in [-0.39, 0.29) is 77.0 Å². The first-order valence-corrected chi connectivity index (χ1v) is 24.1. The molecule has 0 spiro atoms. The van der Waals surface area contributed by atoms with Crippen molar-refractivity contribution in [2.45, 2.75) is 148 Å². The molecule has 6 atom stereocenters. The number of unbranched alkanes of at least 4 members (excludes halogenated alkanes) is 11. The van der Waals surface area contributed by atoms with Crippen molar-refractivity contribution >= 4 is 17.9 Å². The number of nitrogens with zero attached hydrogens (tertiary/aromatic N) is 2. The van der Waals surface area contributed by atoms with Crippen LogP contribution in [0.2, 0.25) is 0 Å². The van der Waals surface area contributed by atoms with Gasteiger partial charge < -0.3 is 49.2 Å². The summed E-state index contributed by atoms with van der Waals surface area (Å²) in [7, 11) is 0. The summed E-state index contributed by atoms with van der Waals surface area (Å²) in [6.45, 7) is 11.4. The molecule has 1 aromatic carbocycles. The van der Waals surface area contributed by atoms with Gasteiger partial charge in [0.1, 0.15) is 24.1 Å². The number of amides is 2. The molecule has 1 heterocycles. The van der Waals surface area contributed by atoms with Gasteiger partial charge in [0.15, 0.2) is 0 Å². The highest BCUT2D eigenvalue weighted by molar-refractivity contribution is 6.03. The van der Waals surface area contributed by atoms with Crippen LogP contribution < -0.4 is 14.8 Å². The number of hydrogen-bond acceptors (Lipinski definition) is 12. The third-order valence-electron chi connectivity index (χ3n) is 12.5. The van der Waals surface area contributed by atoms with E-state index in [4.69, 9.17) is 33.7 Å². The quantitative estimate of drug-likeness (QED) is 0.0309. The molecule has 14 nitrogen and oxygen atoms in total. The number of carbonyl (C=O) groups is 2. The Kier molecular flexibility index (Phi) is 23.9. The molecule has 4 N–H and O–H groups in total. The second-order valence-corrected chi connectivity index (χ2v) is 16.9. The number of carbonyl (C=O) groups excluding carboxylic acids is 2. The Morgan fingerprint density at radius 2 is 1.62 bits per heavy atom. The normalized spacial score (nSPS) is 22.9. The molecule has 1 fully saturated rings. The number of hydrogen-bond donors (Lipinski definition) is 4. The Bertz CT molecular complexity index is 1570. The molecule has 14 heteroatoms. The van der Waals surface area contributed by atoms with Gasteiger partial charge in [0.25, 0.3) is 0 Å². The first kappa shape index (κ1) is 51.9. The molecule has 2 amide bonds. The molecule has 0 unspecified atom stereocenters. The summed E-state index contributed by atoms with van der Waals surface area (Å²) >= 11 is 0. The Labute approximate surface area is 376 Å². The van der Waals surface area contributed by atoms with Crippen molar-refractivity contribution in [1.82, 2.24) is 10.2 Å². The number of aliphatic hydroxyl groups excluding tert-OH is 3. The maximum absolute atomic E-state index is 14.6. The summed E-state index contributed by atoms with van der Waals surface area (Å²) in [6.07, 6.45) is 19.1. The number of rotatable bonds is 32. The van der Waals surface area contributed by atoms with Crippen molar-refractivity contribution in [3.63, 3.8) is 0 Å². The largest absolute Gasteiger partial charge is 0.459 e. The number of oxime groups is 1. The summed E-state index contributed by atoms with van der Waals surface area (Å²) in [5.41, 5.74) is 2.41. The summed E-state index contributed by atoms with van der Waals surface area (Å²) in [5.74, 6) is -1.38. The lowest BCUT2D eigenvalue weighted by molar-refractivity contribution is -0.256. The third kappa shape index (κ3) is 14.9. The summed E-state index contributed by atoms with van der Waals surface area (Å²) in [4.78, 5) is 34.8. The van der Waals surface area contributed by atoms with Crippen molar-refractivity contribution in [1.29, 1.82) is 0 Å². The van der Waals surface area contributed by atoms with Gasteiger partial charge in [-0.3, -0.25) is 4.90 Å². The van der Waals surface area contributed by atoms with E-state index in [1.54, 1.807) is 17.0 Å². The molecule has 356 valence electrons. The first-order chi connectivity index (χ1) is 30.8. The van der Waals surface area contributed by atoms with E-state index in [0.717, 1.165) is 56.1 Å². The predicted molar refractivity (Wildman–Crippen MR) is 244 cm³/mol. The van der Waals surface area contributed by atoms with Crippen molar-refractivity contribution < 1.29 is 53.4 Å². The minimum Gasteiger partial charge on any atom is -0.459 e. The SMILES string of the molecule is C=CCO[C@@]12Oc3ccc(OC(=O)NCC)cc3[C@H]3[C@H](CCCCO)[C@@H](CCCCO)C=C(C(=NOCC)C[C@@H]1N(CCOCCO)C(=O)OCCCCCCCCCCCC)[C@H]32. The van der Waals surface area contributed by atoms with E-state index >= 15 is 0 Å². The topological polar surface area (TPSA) is 178 Å². The van der Waals surface area contributed by atoms with E-state index in [1.165, 1.54) is 44.9 Å². The van der Waals surface area contributed by atoms with Crippen LogP contribution in [0.4, 0.5) is 9.59 Å². The zero-order valence-electron chi connectivity index (χ0n) is 38.6. The highest BCUT2D eigenvalue weighted by Gasteiger charge is 2.65. The summed E-state index contributed by atoms with van der Waals surface area (Å²) in [5, 5.41) is 36.8. The van der Waals surface area contributed by atoms with Gasteiger partial charge in [-0.05, 0) is 81.6 Å². The number of benzene rings is 1. The van der Waals surface area contributed by atoms with Crippen molar-refractivity contribution in [2.75, 3.05) is 65.9 Å². The number of allylic oxidation sites excluding steroid dienone is 1. The molecule has 1 saturated carbocycles. The monoisotopic (exact) mass is 886 g/mol. The van der Waals surface area contributed by atoms with E-state index in [2.05, 4.69) is 24.9 Å². The molecule has 0 radical (unpaired) electrons. The second-order valence-electron chi connectivity index (χ2n) is 16.9. The molecular weight excluding hydrogens is 807 g/mol. The smallest absolute Gasteiger partial charge is 0.412 e. The van der Waals surface area contributed by atoms with Crippen LogP contribution in [-0.4, -0.2) is 116 Å². The Morgan fingerprint density at radius 1 is 0.905 bits per heavy atom. The standard InChI is InChI=1S/C49H79N3O11/c1-5-9-10-11-12-13-14-15-16-21-31-59-48(57)52(26-32-58-33-29-55)44-36-42(51-61-8-4)40-34-37(22-17-19-27-53)39(23-18-20-28-54)45-41-35-38(62-47(56)50-7-3)24-25-43(41)63-49(44,46(40)45)60-30-6-2/h6,24-25,34-35,37,39,44-46,53-55H,2,5,7-23,26-33,36H2,1,3-4H3,(H,50,56)/t37-,39+,44-,45+,46+,49+/m0/s1. The van der Waals surface area contributed by atoms with E-state index in [1.807, 2.05) is 26.0 Å². The van der Waals surface area contributed by atoms with Gasteiger partial charge in [0.2, 0.25) is 5.79 Å². The Balaban J connectivity index is 1.82. The lowest BCUT2D eigenvalue weighted by Crippen LogP contribution is -2.70. The molecule has 2 aliphatic carbocycles. The fourth-order valence-corrected chi connectivity index (χ4v) is 9.68. The minimum atomic E-state index is -1.48. The van der Waals surface area contributed by atoms with Crippen molar-refractivity contribution in [3.05, 3.63) is 48.1 Å². The molecule has 3 aliphatic rings. The van der Waals surface area contributed by atoms with E-state index in [0.29, 0.717) is 43.2 Å². The third-order valence-corrected chi connectivity index (χ3v) is 12.5. The van der Waals surface area contributed by atoms with Crippen LogP contribution in [0.25, 0.3) is 0 Å². The minimum absolute atomic E-state index is 0.00482. The molecule has 63 heavy (non-hydrogen) atoms. The number of nitrogens with one attached hydrogen (secondary N) is 1. The molecule has 0 saturated heterocycles. The van der Waals surface area contributed by atoms with Crippen LogP contribution in [0.15, 0.2) is 47.7 Å². The van der Waals surface area contributed by atoms with Gasteiger partial charge in [-0.15, -0.1) is 6.58 Å². The van der Waals surface area contributed by atoms with Gasteiger partial charge >= 0.3 is 12.2 Å². The van der Waals surface area contributed by atoms with Gasteiger partial charge in [0.05, 0.1) is 44.7 Å². The second kappa shape index (κ2) is 29.0. The summed E-state index contributed by atoms with van der Waals surface area (Å²) in [6, 6.07) is 4.60. The number of aliphatic hydroxyl groups is 3. The van der Waals surface area contributed by atoms with Crippen LogP contribution in [-0.2, 0) is 19.0 Å². The Hall–Kier alpha value is -3.69. The molecule has 1 aliphatic heterocycles.